The topological polar surface area (TPSA) is 81.2 Å². The number of imidazole rings is 1. The number of hydrogen-bond donors (Lipinski definition) is 1. The molecule has 1 amide bonds. The Morgan fingerprint density at radius 2 is 2.03 bits per heavy atom. The van der Waals surface area contributed by atoms with E-state index in [2.05, 4.69) is 9.88 Å². The van der Waals surface area contributed by atoms with Crippen LogP contribution in [0.15, 0.2) is 18.2 Å². The second kappa shape index (κ2) is 9.27. The molecule has 0 fully saturated rings. The molecule has 30 heavy (non-hydrogen) atoms. The number of Topliss-reactive ketones (excluding diaryl/α,β-unsaturated/α-hetero) is 1. The number of fused-ring (bicyclic) bond motifs is 1. The summed E-state index contributed by atoms with van der Waals surface area (Å²) in [4.78, 5) is 31.8. The van der Waals surface area contributed by atoms with Crippen LogP contribution in [0.4, 0.5) is 4.39 Å². The third-order valence-corrected chi connectivity index (χ3v) is 5.67. The van der Waals surface area contributed by atoms with Gasteiger partial charge in [0.05, 0.1) is 11.3 Å². The summed E-state index contributed by atoms with van der Waals surface area (Å²) >= 11 is 6.10. The summed E-state index contributed by atoms with van der Waals surface area (Å²) in [6.07, 6.45) is 1.38. The highest BCUT2D eigenvalue weighted by Crippen LogP contribution is 2.31. The minimum Gasteiger partial charge on any atom is -0.369 e. The second-order valence-electron chi connectivity index (χ2n) is 8.45. The van der Waals surface area contributed by atoms with Crippen molar-refractivity contribution in [2.24, 2.45) is 17.6 Å². The van der Waals surface area contributed by atoms with Gasteiger partial charge < -0.3 is 15.2 Å². The van der Waals surface area contributed by atoms with Crippen LogP contribution in [0.2, 0.25) is 5.02 Å². The van der Waals surface area contributed by atoms with Gasteiger partial charge in [0.25, 0.3) is 0 Å². The zero-order valence-corrected chi connectivity index (χ0v) is 18.4. The number of ketones is 1. The Balaban J connectivity index is 2.06. The average molecular weight is 435 g/mol. The first-order chi connectivity index (χ1) is 14.2. The predicted molar refractivity (Wildman–Crippen MR) is 115 cm³/mol. The van der Waals surface area contributed by atoms with E-state index < -0.39 is 17.6 Å². The summed E-state index contributed by atoms with van der Waals surface area (Å²) in [5, 5.41) is 0.396. The fraction of sp³-hybridized carbons (Fsp3) is 0.500. The number of amides is 1. The van der Waals surface area contributed by atoms with Gasteiger partial charge in [-0.3, -0.25) is 9.59 Å². The van der Waals surface area contributed by atoms with Crippen molar-refractivity contribution >= 4 is 23.3 Å². The average Bonchev–Trinajstić information content (AvgIpc) is 2.89. The van der Waals surface area contributed by atoms with Crippen molar-refractivity contribution in [3.63, 3.8) is 0 Å². The maximum absolute atomic E-state index is 14.6. The third-order valence-electron chi connectivity index (χ3n) is 5.44. The Hall–Kier alpha value is -2.25. The van der Waals surface area contributed by atoms with Crippen molar-refractivity contribution in [2.75, 3.05) is 13.6 Å². The highest BCUT2D eigenvalue weighted by atomic mass is 35.5. The van der Waals surface area contributed by atoms with E-state index in [9.17, 15) is 14.0 Å². The minimum absolute atomic E-state index is 0.00128. The number of carbonyl (C=O) groups excluding carboxylic acids is 2. The molecule has 1 aromatic carbocycles. The lowest BCUT2D eigenvalue weighted by Crippen LogP contribution is -2.27. The van der Waals surface area contributed by atoms with Crippen LogP contribution < -0.4 is 5.73 Å². The molecule has 1 aromatic heterocycles. The number of carbonyl (C=O) groups is 2. The molecular weight excluding hydrogens is 407 g/mol. The molecule has 1 aliphatic rings. The van der Waals surface area contributed by atoms with E-state index in [-0.39, 0.29) is 29.4 Å². The first kappa shape index (κ1) is 22.4. The van der Waals surface area contributed by atoms with Crippen LogP contribution in [0.25, 0.3) is 11.4 Å². The molecule has 0 bridgehead atoms. The number of halogens is 2. The van der Waals surface area contributed by atoms with Crippen molar-refractivity contribution in [3.8, 4) is 11.4 Å². The number of benzene rings is 1. The van der Waals surface area contributed by atoms with Crippen molar-refractivity contribution in [1.82, 2.24) is 14.5 Å². The van der Waals surface area contributed by atoms with Crippen molar-refractivity contribution < 1.29 is 14.0 Å². The van der Waals surface area contributed by atoms with Crippen molar-refractivity contribution in [1.29, 1.82) is 0 Å². The van der Waals surface area contributed by atoms with Gasteiger partial charge in [0.1, 0.15) is 17.3 Å². The Bertz CT molecular complexity index is 957. The van der Waals surface area contributed by atoms with E-state index in [1.54, 1.807) is 0 Å². The lowest BCUT2D eigenvalue weighted by molar-refractivity contribution is -0.122. The largest absolute Gasteiger partial charge is 0.369 e. The molecule has 0 spiro atoms. The molecule has 1 atom stereocenters. The first-order valence-corrected chi connectivity index (χ1v) is 10.6. The Kier molecular flexibility index (Phi) is 6.93. The number of primary amides is 1. The SMILES string of the molecule is CC(C)C[C@H](CC(=O)c1nc(-c2cc(Cl)ccc2F)n2c1CN(C)CCC2)C(N)=O. The van der Waals surface area contributed by atoms with Gasteiger partial charge in [-0.05, 0) is 50.6 Å². The molecule has 1 aliphatic heterocycles. The predicted octanol–water partition coefficient (Wildman–Crippen LogP) is 3.90. The van der Waals surface area contributed by atoms with Crippen molar-refractivity contribution in [3.05, 3.63) is 40.4 Å². The van der Waals surface area contributed by atoms with Crippen LogP contribution in [0, 0.1) is 17.7 Å². The van der Waals surface area contributed by atoms with Gasteiger partial charge in [-0.25, -0.2) is 9.37 Å². The fourth-order valence-electron chi connectivity index (χ4n) is 4.01. The third kappa shape index (κ3) is 4.90. The molecule has 0 unspecified atom stereocenters. The number of nitrogens with zero attached hydrogens (tertiary/aromatic N) is 3. The highest BCUT2D eigenvalue weighted by Gasteiger charge is 2.29. The summed E-state index contributed by atoms with van der Waals surface area (Å²) < 4.78 is 16.5. The molecule has 0 saturated heterocycles. The molecule has 162 valence electrons. The van der Waals surface area contributed by atoms with Gasteiger partial charge in [0, 0.05) is 30.5 Å². The summed E-state index contributed by atoms with van der Waals surface area (Å²) in [5.74, 6) is -1.10. The molecular formula is C22H28ClFN4O2. The molecule has 0 aliphatic carbocycles. The Morgan fingerprint density at radius 1 is 1.30 bits per heavy atom. The summed E-state index contributed by atoms with van der Waals surface area (Å²) in [6, 6.07) is 4.31. The lowest BCUT2D eigenvalue weighted by Gasteiger charge is -2.16. The summed E-state index contributed by atoms with van der Waals surface area (Å²) in [6.45, 7) is 5.95. The van der Waals surface area contributed by atoms with Crippen LogP contribution >= 0.6 is 11.6 Å². The van der Waals surface area contributed by atoms with E-state index in [1.807, 2.05) is 25.5 Å². The molecule has 0 radical (unpaired) electrons. The quantitative estimate of drug-likeness (QED) is 0.670. The molecule has 2 N–H and O–H groups in total. The Morgan fingerprint density at radius 3 is 2.70 bits per heavy atom. The molecule has 8 heteroatoms. The maximum atomic E-state index is 14.6. The summed E-state index contributed by atoms with van der Waals surface area (Å²) in [7, 11) is 1.97. The van der Waals surface area contributed by atoms with Crippen LogP contribution in [0.3, 0.4) is 0 Å². The van der Waals surface area contributed by atoms with Gasteiger partial charge in [-0.1, -0.05) is 25.4 Å². The van der Waals surface area contributed by atoms with E-state index in [1.165, 1.54) is 18.2 Å². The summed E-state index contributed by atoms with van der Waals surface area (Å²) in [5.41, 5.74) is 6.83. The Labute approximate surface area is 181 Å². The van der Waals surface area contributed by atoms with Crippen molar-refractivity contribution in [2.45, 2.75) is 46.2 Å². The number of aromatic nitrogens is 2. The fourth-order valence-corrected chi connectivity index (χ4v) is 4.18. The van der Waals surface area contributed by atoms with E-state index >= 15 is 0 Å². The van der Waals surface area contributed by atoms with Crippen LogP contribution in [0.5, 0.6) is 0 Å². The van der Waals surface area contributed by atoms with Gasteiger partial charge in [-0.2, -0.15) is 0 Å². The van der Waals surface area contributed by atoms with Gasteiger partial charge >= 0.3 is 0 Å². The van der Waals surface area contributed by atoms with Crippen LogP contribution in [-0.2, 0) is 17.9 Å². The van der Waals surface area contributed by atoms with E-state index in [0.717, 1.165) is 18.7 Å². The van der Waals surface area contributed by atoms with E-state index in [0.29, 0.717) is 30.4 Å². The second-order valence-corrected chi connectivity index (χ2v) is 8.89. The smallest absolute Gasteiger partial charge is 0.220 e. The molecule has 0 saturated carbocycles. The lowest BCUT2D eigenvalue weighted by atomic mass is 9.91. The monoisotopic (exact) mass is 434 g/mol. The number of nitrogens with two attached hydrogens (primary N) is 1. The number of hydrogen-bond acceptors (Lipinski definition) is 4. The molecule has 2 aromatic rings. The molecule has 3 rings (SSSR count). The minimum atomic E-state index is -0.551. The van der Waals surface area contributed by atoms with Gasteiger partial charge in [0.15, 0.2) is 5.78 Å². The first-order valence-electron chi connectivity index (χ1n) is 10.2. The molecule has 2 heterocycles. The number of rotatable bonds is 7. The van der Waals surface area contributed by atoms with Crippen LogP contribution in [0.1, 0.15) is 49.3 Å². The van der Waals surface area contributed by atoms with Gasteiger partial charge in [0.2, 0.25) is 5.91 Å². The van der Waals surface area contributed by atoms with Crippen LogP contribution in [-0.4, -0.2) is 39.7 Å². The normalized spacial score (nSPS) is 15.7. The zero-order chi connectivity index (χ0) is 22.0. The standard InChI is InChI=1S/C22H28ClFN4O2/c1-13(2)9-14(21(25)30)10-19(29)20-18-12-27(3)7-4-8-28(18)22(26-20)16-11-15(23)5-6-17(16)24/h5-6,11,13-14H,4,7-10,12H2,1-3H3,(H2,25,30)/t14-/m1/s1. The van der Waals surface area contributed by atoms with E-state index in [4.69, 9.17) is 17.3 Å². The highest BCUT2D eigenvalue weighted by molar-refractivity contribution is 6.30. The molecule has 6 nitrogen and oxygen atoms in total. The van der Waals surface area contributed by atoms with Gasteiger partial charge in [-0.15, -0.1) is 0 Å². The zero-order valence-electron chi connectivity index (χ0n) is 17.6. The maximum Gasteiger partial charge on any atom is 0.220 e.